The van der Waals surface area contributed by atoms with Crippen molar-refractivity contribution < 1.29 is 19.4 Å². The van der Waals surface area contributed by atoms with E-state index in [1.54, 1.807) is 14.2 Å². The highest BCUT2D eigenvalue weighted by Crippen LogP contribution is 1.91. The summed E-state index contributed by atoms with van der Waals surface area (Å²) in [5.41, 5.74) is 2.74. The van der Waals surface area contributed by atoms with E-state index in [0.717, 1.165) is 0 Å². The van der Waals surface area contributed by atoms with Crippen LogP contribution < -0.4 is 5.48 Å². The third-order valence-electron chi connectivity index (χ3n) is 1.39. The summed E-state index contributed by atoms with van der Waals surface area (Å²) in [6.07, 6.45) is 0.570. The summed E-state index contributed by atoms with van der Waals surface area (Å²) in [6, 6.07) is 0. The topological polar surface area (TPSA) is 60.0 Å². The average molecular weight is 193 g/mol. The van der Waals surface area contributed by atoms with E-state index in [9.17, 15) is 0 Å². The fraction of sp³-hybridized carbons (Fsp3) is 1.00. The minimum absolute atomic E-state index is 0.103. The maximum Gasteiger partial charge on any atom is 0.125 e. The van der Waals surface area contributed by atoms with Crippen molar-refractivity contribution in [3.05, 3.63) is 0 Å². The van der Waals surface area contributed by atoms with Crippen molar-refractivity contribution in [2.45, 2.75) is 12.5 Å². The van der Waals surface area contributed by atoms with E-state index < -0.39 is 0 Å². The van der Waals surface area contributed by atoms with Crippen molar-refractivity contribution in [1.82, 2.24) is 5.48 Å². The predicted molar refractivity (Wildman–Crippen MR) is 48.3 cm³/mol. The van der Waals surface area contributed by atoms with E-state index in [2.05, 4.69) is 5.48 Å². The van der Waals surface area contributed by atoms with Gasteiger partial charge in [-0.05, 0) is 6.42 Å². The number of ether oxygens (including phenoxy) is 2. The highest BCUT2D eigenvalue weighted by Gasteiger charge is 2.07. The second-order valence-electron chi connectivity index (χ2n) is 2.62. The molecule has 0 unspecified atom stereocenters. The molecule has 0 aromatic heterocycles. The monoisotopic (exact) mass is 193 g/mol. The van der Waals surface area contributed by atoms with Crippen LogP contribution in [0.15, 0.2) is 0 Å². The molecule has 0 aliphatic carbocycles. The summed E-state index contributed by atoms with van der Waals surface area (Å²) in [5.74, 6) is 0. The molecule has 5 heteroatoms. The number of nitrogens with one attached hydrogen (secondary N) is 1. The molecule has 0 aromatic rings. The summed E-state index contributed by atoms with van der Waals surface area (Å²) in [6.45, 7) is 1.76. The van der Waals surface area contributed by atoms with Crippen LogP contribution in [0.4, 0.5) is 0 Å². The van der Waals surface area contributed by atoms with E-state index in [1.165, 1.54) is 0 Å². The molecule has 0 aliphatic rings. The molecule has 0 bridgehead atoms. The van der Waals surface area contributed by atoms with Crippen molar-refractivity contribution in [2.24, 2.45) is 0 Å². The minimum Gasteiger partial charge on any atom is -0.396 e. The zero-order valence-electron chi connectivity index (χ0n) is 8.28. The van der Waals surface area contributed by atoms with Gasteiger partial charge in [-0.25, -0.2) is 5.48 Å². The van der Waals surface area contributed by atoms with Gasteiger partial charge in [-0.15, -0.1) is 0 Å². The second-order valence-corrected chi connectivity index (χ2v) is 2.62. The van der Waals surface area contributed by atoms with Crippen LogP contribution in [0.2, 0.25) is 0 Å². The summed E-state index contributed by atoms with van der Waals surface area (Å²) in [5, 5.41) is 8.49. The van der Waals surface area contributed by atoms with Gasteiger partial charge in [-0.2, -0.15) is 0 Å². The van der Waals surface area contributed by atoms with Crippen molar-refractivity contribution in [3.63, 3.8) is 0 Å². The molecule has 80 valence electrons. The van der Waals surface area contributed by atoms with Crippen LogP contribution in [0.1, 0.15) is 6.42 Å². The van der Waals surface area contributed by atoms with Crippen LogP contribution in [0.5, 0.6) is 0 Å². The lowest BCUT2D eigenvalue weighted by Crippen LogP contribution is -2.32. The van der Waals surface area contributed by atoms with Gasteiger partial charge in [0.25, 0.3) is 0 Å². The first-order chi connectivity index (χ1) is 6.35. The largest absolute Gasteiger partial charge is 0.396 e. The molecule has 5 nitrogen and oxygen atoms in total. The molecule has 0 atom stereocenters. The number of hydroxylamine groups is 1. The van der Waals surface area contributed by atoms with Crippen LogP contribution in [0, 0.1) is 0 Å². The van der Waals surface area contributed by atoms with Gasteiger partial charge in [0.1, 0.15) is 6.10 Å². The first kappa shape index (κ1) is 12.8. The average Bonchev–Trinajstić information content (AvgIpc) is 2.13. The second kappa shape index (κ2) is 9.88. The molecule has 0 spiro atoms. The molecule has 0 aliphatic heterocycles. The van der Waals surface area contributed by atoms with E-state index in [0.29, 0.717) is 26.2 Å². The Morgan fingerprint density at radius 1 is 1.23 bits per heavy atom. The Kier molecular flexibility index (Phi) is 9.73. The van der Waals surface area contributed by atoms with E-state index in [4.69, 9.17) is 19.4 Å². The quantitative estimate of drug-likeness (QED) is 0.384. The lowest BCUT2D eigenvalue weighted by Gasteiger charge is -2.15. The van der Waals surface area contributed by atoms with Crippen LogP contribution in [-0.2, 0) is 14.3 Å². The Morgan fingerprint density at radius 3 is 2.31 bits per heavy atom. The van der Waals surface area contributed by atoms with Gasteiger partial charge in [-0.1, -0.05) is 0 Å². The fourth-order valence-electron chi connectivity index (χ4n) is 0.816. The van der Waals surface area contributed by atoms with Crippen molar-refractivity contribution in [1.29, 1.82) is 0 Å². The van der Waals surface area contributed by atoms with Gasteiger partial charge in [0, 0.05) is 27.4 Å². The highest BCUT2D eigenvalue weighted by atomic mass is 16.7. The molecule has 0 heterocycles. The zero-order chi connectivity index (χ0) is 9.94. The Balaban J connectivity index is 3.33. The van der Waals surface area contributed by atoms with Crippen molar-refractivity contribution >= 4 is 0 Å². The first-order valence-corrected chi connectivity index (χ1v) is 4.32. The summed E-state index contributed by atoms with van der Waals surface area (Å²) < 4.78 is 9.84. The van der Waals surface area contributed by atoms with Crippen LogP contribution in [-0.4, -0.2) is 51.8 Å². The molecule has 13 heavy (non-hydrogen) atoms. The van der Waals surface area contributed by atoms with Gasteiger partial charge in [0.15, 0.2) is 0 Å². The summed E-state index contributed by atoms with van der Waals surface area (Å²) in [7, 11) is 3.22. The van der Waals surface area contributed by atoms with E-state index in [-0.39, 0.29) is 12.7 Å². The summed E-state index contributed by atoms with van der Waals surface area (Å²) in [4.78, 5) is 5.21. The zero-order valence-corrected chi connectivity index (χ0v) is 8.28. The number of aliphatic hydroxyl groups excluding tert-OH is 1. The Bertz CT molecular complexity index is 96.1. The van der Waals surface area contributed by atoms with Crippen LogP contribution in [0.3, 0.4) is 0 Å². The Morgan fingerprint density at radius 2 is 1.85 bits per heavy atom. The van der Waals surface area contributed by atoms with Gasteiger partial charge >= 0.3 is 0 Å². The Labute approximate surface area is 78.9 Å². The number of rotatable bonds is 9. The van der Waals surface area contributed by atoms with Gasteiger partial charge in [0.2, 0.25) is 0 Å². The van der Waals surface area contributed by atoms with Gasteiger partial charge < -0.3 is 14.6 Å². The molecule has 0 saturated carbocycles. The predicted octanol–water partition coefficient (Wildman–Crippen LogP) is -0.449. The molecule has 2 N–H and O–H groups in total. The standard InChI is InChI=1S/C8H19NO4/c1-11-6-8(7-12-2)13-9-4-3-5-10/h8-10H,3-7H2,1-2H3. The number of methoxy groups -OCH3 is 2. The molecule has 0 saturated heterocycles. The third kappa shape index (κ3) is 8.14. The molecule has 0 radical (unpaired) electrons. The van der Waals surface area contributed by atoms with E-state index >= 15 is 0 Å². The normalized spacial score (nSPS) is 11.1. The molecule has 0 fully saturated rings. The molecule has 0 rings (SSSR count). The molecule has 0 aromatic carbocycles. The Hall–Kier alpha value is -0.200. The lowest BCUT2D eigenvalue weighted by molar-refractivity contribution is -0.0881. The summed E-state index contributed by atoms with van der Waals surface area (Å²) >= 11 is 0. The highest BCUT2D eigenvalue weighted by molar-refractivity contribution is 4.52. The number of hydrogen-bond donors (Lipinski definition) is 2. The van der Waals surface area contributed by atoms with Gasteiger partial charge in [-0.3, -0.25) is 4.84 Å². The number of hydrogen-bond acceptors (Lipinski definition) is 5. The smallest absolute Gasteiger partial charge is 0.125 e. The maximum atomic E-state index is 8.49. The first-order valence-electron chi connectivity index (χ1n) is 4.32. The molecule has 0 amide bonds. The maximum absolute atomic E-state index is 8.49. The van der Waals surface area contributed by atoms with Crippen molar-refractivity contribution in [2.75, 3.05) is 40.6 Å². The minimum atomic E-state index is -0.103. The molecular formula is C8H19NO4. The fourth-order valence-corrected chi connectivity index (χ4v) is 0.816. The van der Waals surface area contributed by atoms with Crippen LogP contribution >= 0.6 is 0 Å². The van der Waals surface area contributed by atoms with Crippen molar-refractivity contribution in [3.8, 4) is 0 Å². The van der Waals surface area contributed by atoms with Crippen LogP contribution in [0.25, 0.3) is 0 Å². The van der Waals surface area contributed by atoms with E-state index in [1.807, 2.05) is 0 Å². The SMILES string of the molecule is COCC(COC)ONCCCO. The number of aliphatic hydroxyl groups is 1. The van der Waals surface area contributed by atoms with Gasteiger partial charge in [0.05, 0.1) is 13.2 Å². The third-order valence-corrected chi connectivity index (χ3v) is 1.39. The molecular weight excluding hydrogens is 174 g/mol. The lowest BCUT2D eigenvalue weighted by atomic mass is 10.4.